The maximum absolute atomic E-state index is 9.18. The van der Waals surface area contributed by atoms with Crippen LogP contribution in [0.15, 0.2) is 30.3 Å². The SMILES string of the molecule is CCCC(NC(C)C(C)CO)c1ccccc1. The lowest BCUT2D eigenvalue weighted by Crippen LogP contribution is -2.36. The van der Waals surface area contributed by atoms with Gasteiger partial charge in [0.2, 0.25) is 0 Å². The first-order valence-electron chi connectivity index (χ1n) is 6.60. The molecule has 0 aliphatic rings. The van der Waals surface area contributed by atoms with Crippen LogP contribution in [0.5, 0.6) is 0 Å². The van der Waals surface area contributed by atoms with E-state index in [0.29, 0.717) is 12.1 Å². The molecule has 0 spiro atoms. The van der Waals surface area contributed by atoms with Crippen LogP contribution in [-0.2, 0) is 0 Å². The van der Waals surface area contributed by atoms with E-state index >= 15 is 0 Å². The molecule has 2 nitrogen and oxygen atoms in total. The predicted octanol–water partition coefficient (Wildman–Crippen LogP) is 3.13. The average molecular weight is 235 g/mol. The van der Waals surface area contributed by atoms with E-state index in [1.54, 1.807) is 0 Å². The second-order valence-electron chi connectivity index (χ2n) is 4.87. The van der Waals surface area contributed by atoms with Gasteiger partial charge < -0.3 is 10.4 Å². The molecule has 1 aromatic carbocycles. The molecular weight excluding hydrogens is 210 g/mol. The summed E-state index contributed by atoms with van der Waals surface area (Å²) in [4.78, 5) is 0. The summed E-state index contributed by atoms with van der Waals surface area (Å²) < 4.78 is 0. The van der Waals surface area contributed by atoms with Crippen LogP contribution in [0.2, 0.25) is 0 Å². The van der Waals surface area contributed by atoms with Crippen molar-refractivity contribution >= 4 is 0 Å². The molecule has 2 heteroatoms. The topological polar surface area (TPSA) is 32.3 Å². The number of hydrogen-bond donors (Lipinski definition) is 2. The smallest absolute Gasteiger partial charge is 0.0471 e. The van der Waals surface area contributed by atoms with E-state index in [4.69, 9.17) is 0 Å². The number of rotatable bonds is 7. The minimum Gasteiger partial charge on any atom is -0.396 e. The van der Waals surface area contributed by atoms with Gasteiger partial charge in [-0.3, -0.25) is 0 Å². The van der Waals surface area contributed by atoms with Gasteiger partial charge in [-0.1, -0.05) is 50.6 Å². The molecular formula is C15H25NO. The number of aliphatic hydroxyl groups is 1. The number of nitrogens with one attached hydrogen (secondary N) is 1. The summed E-state index contributed by atoms with van der Waals surface area (Å²) in [6.07, 6.45) is 2.29. The van der Waals surface area contributed by atoms with E-state index in [9.17, 15) is 5.11 Å². The molecule has 1 aromatic rings. The third kappa shape index (κ3) is 4.49. The summed E-state index contributed by atoms with van der Waals surface area (Å²) in [7, 11) is 0. The summed E-state index contributed by atoms with van der Waals surface area (Å²) in [5.41, 5.74) is 1.34. The van der Waals surface area contributed by atoms with Crippen LogP contribution in [-0.4, -0.2) is 17.8 Å². The Morgan fingerprint density at radius 1 is 1.18 bits per heavy atom. The van der Waals surface area contributed by atoms with Crippen molar-refractivity contribution in [1.82, 2.24) is 5.32 Å². The van der Waals surface area contributed by atoms with Crippen molar-refractivity contribution in [3.8, 4) is 0 Å². The van der Waals surface area contributed by atoms with Gasteiger partial charge in [-0.05, 0) is 24.8 Å². The predicted molar refractivity (Wildman–Crippen MR) is 72.9 cm³/mol. The van der Waals surface area contributed by atoms with Gasteiger partial charge >= 0.3 is 0 Å². The fraction of sp³-hybridized carbons (Fsp3) is 0.600. The monoisotopic (exact) mass is 235 g/mol. The van der Waals surface area contributed by atoms with E-state index in [1.807, 2.05) is 6.07 Å². The van der Waals surface area contributed by atoms with Crippen molar-refractivity contribution in [2.24, 2.45) is 5.92 Å². The second kappa shape index (κ2) is 7.46. The lowest BCUT2D eigenvalue weighted by atomic mass is 9.98. The minimum absolute atomic E-state index is 0.238. The normalized spacial score (nSPS) is 16.5. The van der Waals surface area contributed by atoms with Crippen molar-refractivity contribution in [2.75, 3.05) is 6.61 Å². The zero-order chi connectivity index (χ0) is 12.7. The molecule has 0 heterocycles. The molecule has 0 bridgehead atoms. The second-order valence-corrected chi connectivity index (χ2v) is 4.87. The fourth-order valence-electron chi connectivity index (χ4n) is 1.96. The number of aliphatic hydroxyl groups excluding tert-OH is 1. The molecule has 3 unspecified atom stereocenters. The lowest BCUT2D eigenvalue weighted by Gasteiger charge is -2.26. The van der Waals surface area contributed by atoms with Crippen LogP contribution >= 0.6 is 0 Å². The van der Waals surface area contributed by atoms with Gasteiger partial charge in [0.05, 0.1) is 0 Å². The molecule has 0 aliphatic carbocycles. The van der Waals surface area contributed by atoms with Gasteiger partial charge in [-0.25, -0.2) is 0 Å². The van der Waals surface area contributed by atoms with Crippen LogP contribution in [0, 0.1) is 5.92 Å². The molecule has 0 aliphatic heterocycles. The van der Waals surface area contributed by atoms with Crippen LogP contribution < -0.4 is 5.32 Å². The van der Waals surface area contributed by atoms with E-state index in [1.165, 1.54) is 5.56 Å². The van der Waals surface area contributed by atoms with Gasteiger partial charge in [-0.15, -0.1) is 0 Å². The largest absolute Gasteiger partial charge is 0.396 e. The third-order valence-corrected chi connectivity index (χ3v) is 3.38. The van der Waals surface area contributed by atoms with E-state index < -0.39 is 0 Å². The molecule has 0 radical (unpaired) electrons. The highest BCUT2D eigenvalue weighted by molar-refractivity contribution is 5.18. The molecule has 3 atom stereocenters. The number of hydrogen-bond acceptors (Lipinski definition) is 2. The van der Waals surface area contributed by atoms with Crippen molar-refractivity contribution < 1.29 is 5.11 Å². The van der Waals surface area contributed by atoms with E-state index in [2.05, 4.69) is 50.4 Å². The Bertz CT molecular complexity index is 299. The van der Waals surface area contributed by atoms with E-state index in [0.717, 1.165) is 12.8 Å². The van der Waals surface area contributed by atoms with Gasteiger partial charge in [-0.2, -0.15) is 0 Å². The molecule has 0 saturated carbocycles. The highest BCUT2D eigenvalue weighted by Gasteiger charge is 2.17. The molecule has 0 amide bonds. The molecule has 2 N–H and O–H groups in total. The molecule has 0 fully saturated rings. The van der Waals surface area contributed by atoms with Crippen molar-refractivity contribution in [3.05, 3.63) is 35.9 Å². The number of benzene rings is 1. The van der Waals surface area contributed by atoms with Crippen molar-refractivity contribution in [3.63, 3.8) is 0 Å². The van der Waals surface area contributed by atoms with Gasteiger partial charge in [0.25, 0.3) is 0 Å². The zero-order valence-corrected chi connectivity index (χ0v) is 11.2. The first kappa shape index (κ1) is 14.2. The standard InChI is InChI=1S/C15H25NO/c1-4-8-15(14-9-6-5-7-10-14)16-13(3)12(2)11-17/h5-7,9-10,12-13,15-17H,4,8,11H2,1-3H3. The van der Waals surface area contributed by atoms with Crippen molar-refractivity contribution in [1.29, 1.82) is 0 Å². The quantitative estimate of drug-likeness (QED) is 0.761. The van der Waals surface area contributed by atoms with Crippen LogP contribution in [0.1, 0.15) is 45.2 Å². The average Bonchev–Trinajstić information content (AvgIpc) is 2.38. The molecule has 17 heavy (non-hydrogen) atoms. The Labute approximate surface area is 105 Å². The summed E-state index contributed by atoms with van der Waals surface area (Å²) in [5, 5.41) is 12.8. The Hall–Kier alpha value is -0.860. The van der Waals surface area contributed by atoms with Gasteiger partial charge in [0, 0.05) is 18.7 Å². The molecule has 1 rings (SSSR count). The van der Waals surface area contributed by atoms with Crippen LogP contribution in [0.3, 0.4) is 0 Å². The first-order valence-corrected chi connectivity index (χ1v) is 6.60. The molecule has 0 saturated heterocycles. The molecule has 96 valence electrons. The summed E-state index contributed by atoms with van der Waals surface area (Å²) in [6, 6.07) is 11.3. The Balaban J connectivity index is 2.67. The van der Waals surface area contributed by atoms with E-state index in [-0.39, 0.29) is 12.5 Å². The minimum atomic E-state index is 0.238. The van der Waals surface area contributed by atoms with Gasteiger partial charge in [0.1, 0.15) is 0 Å². The maximum Gasteiger partial charge on any atom is 0.0471 e. The fourth-order valence-corrected chi connectivity index (χ4v) is 1.96. The Kier molecular flexibility index (Phi) is 6.23. The first-order chi connectivity index (χ1) is 8.19. The highest BCUT2D eigenvalue weighted by Crippen LogP contribution is 2.20. The zero-order valence-electron chi connectivity index (χ0n) is 11.2. The summed E-state index contributed by atoms with van der Waals surface area (Å²) in [5.74, 6) is 0.290. The maximum atomic E-state index is 9.18. The third-order valence-electron chi connectivity index (χ3n) is 3.38. The van der Waals surface area contributed by atoms with Crippen LogP contribution in [0.4, 0.5) is 0 Å². The Morgan fingerprint density at radius 3 is 2.35 bits per heavy atom. The highest BCUT2D eigenvalue weighted by atomic mass is 16.3. The molecule has 0 aromatic heterocycles. The van der Waals surface area contributed by atoms with Gasteiger partial charge in [0.15, 0.2) is 0 Å². The summed E-state index contributed by atoms with van der Waals surface area (Å²) >= 11 is 0. The lowest BCUT2D eigenvalue weighted by molar-refractivity contribution is 0.199. The summed E-state index contributed by atoms with van der Waals surface area (Å²) in [6.45, 7) is 6.66. The Morgan fingerprint density at radius 2 is 1.82 bits per heavy atom. The van der Waals surface area contributed by atoms with Crippen LogP contribution in [0.25, 0.3) is 0 Å². The van der Waals surface area contributed by atoms with Crippen molar-refractivity contribution in [2.45, 2.75) is 45.7 Å².